The maximum Gasteiger partial charge on any atom is 0.281 e. The molecule has 0 atom stereocenters. The SMILES string of the molecule is CC(C)COc1cc(F)cc(-c2ccc(C(=O)NS(=O)(=O)c3ccn[nH]3)c(NCC3CC(F)(F)C3)n2)c1. The van der Waals surface area contributed by atoms with Gasteiger partial charge in [-0.15, -0.1) is 0 Å². The van der Waals surface area contributed by atoms with Gasteiger partial charge in [0.15, 0.2) is 5.03 Å². The molecule has 0 aliphatic heterocycles. The lowest BCUT2D eigenvalue weighted by Crippen LogP contribution is -2.39. The summed E-state index contributed by atoms with van der Waals surface area (Å²) < 4.78 is 73.4. The van der Waals surface area contributed by atoms with E-state index in [4.69, 9.17) is 4.74 Å². The minimum absolute atomic E-state index is 0.0288. The van der Waals surface area contributed by atoms with Gasteiger partial charge in [-0.05, 0) is 42.2 Å². The number of sulfonamides is 1. The van der Waals surface area contributed by atoms with Crippen molar-refractivity contribution in [2.75, 3.05) is 18.5 Å². The molecule has 37 heavy (non-hydrogen) atoms. The fraction of sp³-hybridized carbons (Fsp3) is 0.375. The summed E-state index contributed by atoms with van der Waals surface area (Å²) in [5.41, 5.74) is 0.489. The summed E-state index contributed by atoms with van der Waals surface area (Å²) in [7, 11) is -4.25. The van der Waals surface area contributed by atoms with Crippen molar-refractivity contribution in [3.05, 3.63) is 54.0 Å². The van der Waals surface area contributed by atoms with Crippen LogP contribution in [0.25, 0.3) is 11.3 Å². The van der Waals surface area contributed by atoms with Crippen molar-refractivity contribution in [1.29, 1.82) is 0 Å². The minimum Gasteiger partial charge on any atom is -0.493 e. The number of ether oxygens (including phenoxy) is 1. The highest BCUT2D eigenvalue weighted by Gasteiger charge is 2.45. The van der Waals surface area contributed by atoms with Crippen LogP contribution >= 0.6 is 0 Å². The number of anilines is 1. The first-order valence-electron chi connectivity index (χ1n) is 11.5. The third kappa shape index (κ3) is 6.59. The van der Waals surface area contributed by atoms with Crippen molar-refractivity contribution < 1.29 is 31.1 Å². The quantitative estimate of drug-likeness (QED) is 0.354. The van der Waals surface area contributed by atoms with Crippen LogP contribution < -0.4 is 14.8 Å². The largest absolute Gasteiger partial charge is 0.493 e. The Morgan fingerprint density at radius 1 is 1.22 bits per heavy atom. The van der Waals surface area contributed by atoms with E-state index in [1.165, 1.54) is 36.5 Å². The predicted octanol–water partition coefficient (Wildman–Crippen LogP) is 4.22. The monoisotopic (exact) mass is 537 g/mol. The standard InChI is InChI=1S/C24H26F3N5O4S/c1-14(2)13-36-18-8-16(7-17(25)9-18)20-4-3-19(22(30-20)28-12-15-10-24(26,27)11-15)23(33)32-37(34,35)21-5-6-29-31-21/h3-9,14-15H,10-13H2,1-2H3,(H,28,30)(H,29,31)(H,32,33). The third-order valence-electron chi connectivity index (χ3n) is 5.61. The maximum atomic E-state index is 14.3. The molecule has 1 fully saturated rings. The molecule has 0 saturated heterocycles. The van der Waals surface area contributed by atoms with Crippen molar-refractivity contribution in [3.63, 3.8) is 0 Å². The first-order valence-corrected chi connectivity index (χ1v) is 13.0. The Kier molecular flexibility index (Phi) is 7.44. The molecule has 13 heteroatoms. The number of rotatable bonds is 10. The summed E-state index contributed by atoms with van der Waals surface area (Å²) in [5, 5.41) is 8.40. The summed E-state index contributed by atoms with van der Waals surface area (Å²) in [4.78, 5) is 17.3. The predicted molar refractivity (Wildman–Crippen MR) is 129 cm³/mol. The molecule has 3 aromatic rings. The first kappa shape index (κ1) is 26.5. The van der Waals surface area contributed by atoms with Crippen molar-refractivity contribution in [2.45, 2.75) is 37.6 Å². The topological polar surface area (TPSA) is 126 Å². The zero-order chi connectivity index (χ0) is 26.8. The van der Waals surface area contributed by atoms with Crippen LogP contribution in [0.3, 0.4) is 0 Å². The number of carbonyl (C=O) groups excluding carboxylic acids is 1. The number of carbonyl (C=O) groups is 1. The summed E-state index contributed by atoms with van der Waals surface area (Å²) in [6, 6.07) is 8.01. The highest BCUT2D eigenvalue weighted by Crippen LogP contribution is 2.42. The number of hydrogen-bond donors (Lipinski definition) is 3. The highest BCUT2D eigenvalue weighted by atomic mass is 32.2. The molecule has 0 radical (unpaired) electrons. The average molecular weight is 538 g/mol. The number of aromatic nitrogens is 3. The van der Waals surface area contributed by atoms with Crippen LogP contribution in [0.15, 0.2) is 47.6 Å². The Bertz CT molecular complexity index is 1370. The molecule has 3 N–H and O–H groups in total. The van der Waals surface area contributed by atoms with Gasteiger partial charge in [0, 0.05) is 31.0 Å². The van der Waals surface area contributed by atoms with E-state index in [9.17, 15) is 26.4 Å². The molecular weight excluding hydrogens is 511 g/mol. The van der Waals surface area contributed by atoms with E-state index < -0.39 is 27.7 Å². The zero-order valence-corrected chi connectivity index (χ0v) is 20.9. The van der Waals surface area contributed by atoms with E-state index in [0.717, 1.165) is 0 Å². The first-order chi connectivity index (χ1) is 17.4. The van der Waals surface area contributed by atoms with Crippen LogP contribution in [-0.2, 0) is 10.0 Å². The number of amides is 1. The number of alkyl halides is 2. The third-order valence-corrected chi connectivity index (χ3v) is 6.88. The van der Waals surface area contributed by atoms with Gasteiger partial charge in [-0.2, -0.15) is 13.5 Å². The fourth-order valence-electron chi connectivity index (χ4n) is 3.79. The van der Waals surface area contributed by atoms with Gasteiger partial charge < -0.3 is 10.1 Å². The van der Waals surface area contributed by atoms with Gasteiger partial charge >= 0.3 is 0 Å². The van der Waals surface area contributed by atoms with E-state index in [0.29, 0.717) is 17.9 Å². The normalized spacial score (nSPS) is 15.3. The van der Waals surface area contributed by atoms with Gasteiger partial charge in [0.1, 0.15) is 17.4 Å². The van der Waals surface area contributed by atoms with Gasteiger partial charge in [0.2, 0.25) is 5.92 Å². The summed E-state index contributed by atoms with van der Waals surface area (Å²) in [6.45, 7) is 4.37. The van der Waals surface area contributed by atoms with Crippen molar-refractivity contribution in [1.82, 2.24) is 19.9 Å². The molecule has 4 rings (SSSR count). The Morgan fingerprint density at radius 2 is 1.97 bits per heavy atom. The number of benzene rings is 1. The Hall–Kier alpha value is -3.61. The van der Waals surface area contributed by atoms with E-state index >= 15 is 0 Å². The second-order valence-electron chi connectivity index (χ2n) is 9.34. The number of halogens is 3. The van der Waals surface area contributed by atoms with Crippen molar-refractivity contribution in [2.24, 2.45) is 11.8 Å². The average Bonchev–Trinajstić information content (AvgIpc) is 3.35. The number of nitrogens with one attached hydrogen (secondary N) is 3. The number of pyridine rings is 1. The van der Waals surface area contributed by atoms with Gasteiger partial charge in [-0.25, -0.2) is 22.9 Å². The van der Waals surface area contributed by atoms with E-state index in [1.54, 1.807) is 6.07 Å². The van der Waals surface area contributed by atoms with Gasteiger partial charge in [0.05, 0.1) is 24.1 Å². The number of nitrogens with zero attached hydrogens (tertiary/aromatic N) is 2. The lowest BCUT2D eigenvalue weighted by molar-refractivity contribution is -0.106. The molecule has 0 spiro atoms. The van der Waals surface area contributed by atoms with Crippen LogP contribution in [0.2, 0.25) is 0 Å². The highest BCUT2D eigenvalue weighted by molar-refractivity contribution is 7.90. The van der Waals surface area contributed by atoms with Gasteiger partial charge in [0.25, 0.3) is 15.9 Å². The van der Waals surface area contributed by atoms with E-state index in [2.05, 4.69) is 20.5 Å². The maximum absolute atomic E-state index is 14.3. The van der Waals surface area contributed by atoms with Crippen LogP contribution in [0.1, 0.15) is 37.0 Å². The van der Waals surface area contributed by atoms with Crippen molar-refractivity contribution >= 4 is 21.7 Å². The Balaban J connectivity index is 1.63. The molecule has 0 bridgehead atoms. The van der Waals surface area contributed by atoms with Crippen molar-refractivity contribution in [3.8, 4) is 17.0 Å². The molecule has 198 valence electrons. The molecule has 1 aliphatic carbocycles. The molecule has 1 aliphatic rings. The smallest absolute Gasteiger partial charge is 0.281 e. The number of H-pyrrole nitrogens is 1. The van der Waals surface area contributed by atoms with Crippen LogP contribution in [0.4, 0.5) is 19.0 Å². The molecule has 0 unspecified atom stereocenters. The lowest BCUT2D eigenvalue weighted by atomic mass is 9.81. The molecule has 9 nitrogen and oxygen atoms in total. The lowest BCUT2D eigenvalue weighted by Gasteiger charge is -2.35. The zero-order valence-electron chi connectivity index (χ0n) is 20.1. The van der Waals surface area contributed by atoms with E-state index in [-0.39, 0.29) is 53.3 Å². The van der Waals surface area contributed by atoms with Crippen LogP contribution in [-0.4, -0.2) is 48.6 Å². The molecule has 1 aromatic carbocycles. The van der Waals surface area contributed by atoms with Gasteiger partial charge in [-0.1, -0.05) is 13.8 Å². The van der Waals surface area contributed by atoms with E-state index in [1.807, 2.05) is 18.6 Å². The molecular formula is C24H26F3N5O4S. The second-order valence-corrected chi connectivity index (χ2v) is 11.0. The molecule has 2 aromatic heterocycles. The number of aromatic amines is 1. The number of hydrogen-bond acceptors (Lipinski definition) is 7. The second kappa shape index (κ2) is 10.4. The van der Waals surface area contributed by atoms with Gasteiger partial charge in [-0.3, -0.25) is 9.89 Å². The molecule has 1 amide bonds. The fourth-order valence-corrected chi connectivity index (χ4v) is 4.67. The summed E-state index contributed by atoms with van der Waals surface area (Å²) in [5.74, 6) is -4.14. The Labute approximate surface area is 211 Å². The molecule has 2 heterocycles. The van der Waals surface area contributed by atoms with Crippen LogP contribution in [0.5, 0.6) is 5.75 Å². The Morgan fingerprint density at radius 3 is 2.62 bits per heavy atom. The van der Waals surface area contributed by atoms with Crippen LogP contribution in [0, 0.1) is 17.7 Å². The molecule has 1 saturated carbocycles. The summed E-state index contributed by atoms with van der Waals surface area (Å²) in [6.07, 6.45) is 0.598. The summed E-state index contributed by atoms with van der Waals surface area (Å²) >= 11 is 0. The minimum atomic E-state index is -4.25.